The smallest absolute Gasteiger partial charge is 0.407 e. The van der Waals surface area contributed by atoms with Gasteiger partial charge in [0.05, 0.1) is 13.2 Å². The van der Waals surface area contributed by atoms with Crippen molar-refractivity contribution in [3.8, 4) is 11.5 Å². The monoisotopic (exact) mass is 343 g/mol. The number of likely N-dealkylation sites (tertiary alicyclic amines) is 1. The Morgan fingerprint density at radius 1 is 1.30 bits per heavy atom. The van der Waals surface area contributed by atoms with E-state index in [1.54, 1.807) is 0 Å². The van der Waals surface area contributed by atoms with Crippen molar-refractivity contribution >= 4 is 22.0 Å². The third-order valence-corrected chi connectivity index (χ3v) is 3.54. The van der Waals surface area contributed by atoms with E-state index in [-0.39, 0.29) is 5.92 Å². The Morgan fingerprint density at radius 2 is 1.95 bits per heavy atom. The summed E-state index contributed by atoms with van der Waals surface area (Å²) >= 11 is 3.30. The lowest BCUT2D eigenvalue weighted by Gasteiger charge is -2.13. The predicted octanol–water partition coefficient (Wildman–Crippen LogP) is 2.84. The number of hydrogen-bond donors (Lipinski definition) is 1. The molecule has 6 heteroatoms. The number of halogens is 1. The summed E-state index contributed by atoms with van der Waals surface area (Å²) in [7, 11) is 0. The number of rotatable bonds is 6. The molecule has 1 heterocycles. The predicted molar refractivity (Wildman–Crippen MR) is 78.9 cm³/mol. The van der Waals surface area contributed by atoms with E-state index in [1.165, 1.54) is 4.90 Å². The summed E-state index contributed by atoms with van der Waals surface area (Å²) in [6.07, 6.45) is 0.0134. The molecule has 1 aromatic rings. The number of ether oxygens (including phenoxy) is 2. The van der Waals surface area contributed by atoms with Crippen molar-refractivity contribution in [2.24, 2.45) is 5.92 Å². The van der Waals surface area contributed by atoms with Crippen molar-refractivity contribution < 1.29 is 19.4 Å². The summed E-state index contributed by atoms with van der Waals surface area (Å²) in [5.41, 5.74) is 0. The van der Waals surface area contributed by atoms with Gasteiger partial charge in [-0.2, -0.15) is 0 Å². The molecule has 0 aromatic heterocycles. The largest absolute Gasteiger partial charge is 0.493 e. The van der Waals surface area contributed by atoms with E-state index in [9.17, 15) is 4.79 Å². The van der Waals surface area contributed by atoms with E-state index in [0.29, 0.717) is 26.3 Å². The molecule has 1 amide bonds. The normalized spacial score (nSPS) is 18.1. The van der Waals surface area contributed by atoms with Gasteiger partial charge in [0, 0.05) is 24.3 Å². The van der Waals surface area contributed by atoms with E-state index in [2.05, 4.69) is 15.9 Å². The van der Waals surface area contributed by atoms with Gasteiger partial charge in [-0.1, -0.05) is 15.9 Å². The van der Waals surface area contributed by atoms with E-state index in [4.69, 9.17) is 14.6 Å². The van der Waals surface area contributed by atoms with Crippen LogP contribution in [0, 0.1) is 5.92 Å². The number of carbonyl (C=O) groups is 1. The highest BCUT2D eigenvalue weighted by Crippen LogP contribution is 2.21. The second-order valence-electron chi connectivity index (χ2n) is 4.70. The van der Waals surface area contributed by atoms with Gasteiger partial charge in [0.1, 0.15) is 11.5 Å². The Kier molecular flexibility index (Phi) is 5.52. The first-order valence-electron chi connectivity index (χ1n) is 6.58. The van der Waals surface area contributed by atoms with Gasteiger partial charge in [-0.05, 0) is 30.7 Å². The fourth-order valence-corrected chi connectivity index (χ4v) is 2.31. The quantitative estimate of drug-likeness (QED) is 0.807. The van der Waals surface area contributed by atoms with Gasteiger partial charge >= 0.3 is 6.09 Å². The zero-order valence-electron chi connectivity index (χ0n) is 11.1. The molecule has 5 nitrogen and oxygen atoms in total. The van der Waals surface area contributed by atoms with Crippen LogP contribution in [0.5, 0.6) is 11.5 Å². The topological polar surface area (TPSA) is 59.0 Å². The van der Waals surface area contributed by atoms with Crippen LogP contribution in [-0.2, 0) is 0 Å². The molecule has 1 saturated heterocycles. The number of amides is 1. The molecule has 0 spiro atoms. The molecule has 2 rings (SSSR count). The van der Waals surface area contributed by atoms with E-state index < -0.39 is 6.09 Å². The Balaban J connectivity index is 1.75. The highest BCUT2D eigenvalue weighted by atomic mass is 79.9. The van der Waals surface area contributed by atoms with Crippen molar-refractivity contribution in [2.45, 2.75) is 6.42 Å². The number of benzene rings is 1. The first-order chi connectivity index (χ1) is 9.69. The third-order valence-electron chi connectivity index (χ3n) is 3.21. The van der Waals surface area contributed by atoms with Crippen LogP contribution in [0.15, 0.2) is 24.3 Å². The molecule has 0 saturated carbocycles. The fourth-order valence-electron chi connectivity index (χ4n) is 2.15. The Bertz CT molecular complexity index is 437. The first kappa shape index (κ1) is 15.0. The number of carboxylic acid groups (broad SMARTS) is 1. The zero-order chi connectivity index (χ0) is 14.4. The van der Waals surface area contributed by atoms with Gasteiger partial charge in [0.15, 0.2) is 0 Å². The molecular weight excluding hydrogens is 326 g/mol. The minimum absolute atomic E-state index is 0.274. The average Bonchev–Trinajstić information content (AvgIpc) is 2.93. The summed E-state index contributed by atoms with van der Waals surface area (Å²) in [5, 5.41) is 9.68. The molecule has 0 bridgehead atoms. The zero-order valence-corrected chi connectivity index (χ0v) is 12.7. The first-order valence-corrected chi connectivity index (χ1v) is 7.70. The van der Waals surface area contributed by atoms with Crippen LogP contribution in [0.1, 0.15) is 6.42 Å². The van der Waals surface area contributed by atoms with Crippen molar-refractivity contribution in [3.63, 3.8) is 0 Å². The van der Waals surface area contributed by atoms with Gasteiger partial charge in [-0.3, -0.25) is 0 Å². The third kappa shape index (κ3) is 4.30. The number of nitrogens with zero attached hydrogens (tertiary/aromatic N) is 1. The van der Waals surface area contributed by atoms with Crippen LogP contribution in [0.4, 0.5) is 4.79 Å². The maximum Gasteiger partial charge on any atom is 0.407 e. The molecule has 1 unspecified atom stereocenters. The standard InChI is InChI=1S/C14H18BrNO4/c15-6-8-19-12-1-3-13(4-2-12)20-10-11-5-7-16(9-11)14(17)18/h1-4,11H,5-10H2,(H,17,18). The van der Waals surface area contributed by atoms with Crippen molar-refractivity contribution in [1.82, 2.24) is 4.90 Å². The Morgan fingerprint density at radius 3 is 2.50 bits per heavy atom. The van der Waals surface area contributed by atoms with Crippen molar-refractivity contribution in [1.29, 1.82) is 0 Å². The lowest BCUT2D eigenvalue weighted by Crippen LogP contribution is -2.27. The molecule has 0 radical (unpaired) electrons. The maximum absolute atomic E-state index is 10.8. The second kappa shape index (κ2) is 7.38. The molecule has 1 aliphatic rings. The molecule has 0 aliphatic carbocycles. The summed E-state index contributed by atoms with van der Waals surface area (Å²) in [4.78, 5) is 12.2. The number of alkyl halides is 1. The van der Waals surface area contributed by atoms with E-state index >= 15 is 0 Å². The lowest BCUT2D eigenvalue weighted by molar-refractivity contribution is 0.151. The van der Waals surface area contributed by atoms with Gasteiger partial charge in [0.25, 0.3) is 0 Å². The van der Waals surface area contributed by atoms with Gasteiger partial charge in [0.2, 0.25) is 0 Å². The second-order valence-corrected chi connectivity index (χ2v) is 5.50. The molecule has 1 N–H and O–H groups in total. The van der Waals surface area contributed by atoms with Gasteiger partial charge in [-0.25, -0.2) is 4.79 Å². The number of hydrogen-bond acceptors (Lipinski definition) is 3. The molecule has 20 heavy (non-hydrogen) atoms. The highest BCUT2D eigenvalue weighted by molar-refractivity contribution is 9.09. The van der Waals surface area contributed by atoms with Crippen molar-refractivity contribution in [3.05, 3.63) is 24.3 Å². The van der Waals surface area contributed by atoms with Crippen LogP contribution < -0.4 is 9.47 Å². The average molecular weight is 344 g/mol. The van der Waals surface area contributed by atoms with Crippen LogP contribution in [0.25, 0.3) is 0 Å². The van der Waals surface area contributed by atoms with Crippen LogP contribution in [0.2, 0.25) is 0 Å². The molecule has 1 aromatic carbocycles. The minimum Gasteiger partial charge on any atom is -0.493 e. The summed E-state index contributed by atoms with van der Waals surface area (Å²) < 4.78 is 11.1. The Labute approximate surface area is 126 Å². The molecule has 110 valence electrons. The van der Waals surface area contributed by atoms with Crippen LogP contribution in [0.3, 0.4) is 0 Å². The minimum atomic E-state index is -0.846. The highest BCUT2D eigenvalue weighted by Gasteiger charge is 2.26. The van der Waals surface area contributed by atoms with Crippen molar-refractivity contribution in [2.75, 3.05) is 31.6 Å². The maximum atomic E-state index is 10.8. The SMILES string of the molecule is O=C(O)N1CCC(COc2ccc(OCCBr)cc2)C1. The summed E-state index contributed by atoms with van der Waals surface area (Å²) in [6, 6.07) is 7.48. The van der Waals surface area contributed by atoms with Gasteiger partial charge in [-0.15, -0.1) is 0 Å². The van der Waals surface area contributed by atoms with E-state index in [0.717, 1.165) is 23.2 Å². The molecule has 1 aliphatic heterocycles. The van der Waals surface area contributed by atoms with E-state index in [1.807, 2.05) is 24.3 Å². The summed E-state index contributed by atoms with van der Waals surface area (Å²) in [5.74, 6) is 1.87. The fraction of sp³-hybridized carbons (Fsp3) is 0.500. The Hall–Kier alpha value is -1.43. The molecular formula is C14H18BrNO4. The van der Waals surface area contributed by atoms with Crippen LogP contribution in [-0.4, -0.2) is 47.7 Å². The summed E-state index contributed by atoms with van der Waals surface area (Å²) in [6.45, 7) is 2.34. The molecule has 1 fully saturated rings. The molecule has 1 atom stereocenters. The van der Waals surface area contributed by atoms with Gasteiger partial charge < -0.3 is 19.5 Å². The van der Waals surface area contributed by atoms with Crippen LogP contribution >= 0.6 is 15.9 Å². The lowest BCUT2D eigenvalue weighted by atomic mass is 10.1.